The predicted molar refractivity (Wildman–Crippen MR) is 25.6 cm³/mol. The van der Waals surface area contributed by atoms with Gasteiger partial charge in [0.2, 0.25) is 5.01 Å². The maximum absolute atomic E-state index is 3.02. The zero-order chi connectivity index (χ0) is 4.41. The summed E-state index contributed by atoms with van der Waals surface area (Å²) in [4.78, 5) is 3.02. The second-order valence-corrected chi connectivity index (χ2v) is 2.24. The Kier molecular flexibility index (Phi) is 3.55. The predicted octanol–water partition coefficient (Wildman–Crippen LogP) is -2.13. The van der Waals surface area contributed by atoms with Crippen LogP contribution in [0.5, 0.6) is 0 Å². The molecule has 1 rings (SSSR count). The highest BCUT2D eigenvalue weighted by Crippen LogP contribution is 1.93. The average Bonchev–Trinajstić information content (AvgIpc) is 1.86. The van der Waals surface area contributed by atoms with E-state index in [4.69, 9.17) is 0 Å². The van der Waals surface area contributed by atoms with Gasteiger partial charge >= 0.3 is 0 Å². The first-order valence-electron chi connectivity index (χ1n) is 1.81. The fourth-order valence-corrected chi connectivity index (χ4v) is 0.798. The molecule has 0 aliphatic carbocycles. The van der Waals surface area contributed by atoms with Gasteiger partial charge in [0.15, 0.2) is 6.20 Å². The Balaban J connectivity index is 0.000000360. The Bertz CT molecular complexity index is 115. The van der Waals surface area contributed by atoms with Crippen LogP contribution in [0.25, 0.3) is 0 Å². The highest BCUT2D eigenvalue weighted by molar-refractivity contribution is 7.09. The molecule has 0 aliphatic heterocycles. The fraction of sp³-hybridized carbons (Fsp3) is 0.250. The Hall–Kier alpha value is 0.360. The summed E-state index contributed by atoms with van der Waals surface area (Å²) in [6, 6.07) is 0. The highest BCUT2D eigenvalue weighted by atomic mass is 127. The first kappa shape index (κ1) is 7.36. The summed E-state index contributed by atoms with van der Waals surface area (Å²) in [5.74, 6) is 0. The van der Waals surface area contributed by atoms with Gasteiger partial charge in [-0.05, 0) is 0 Å². The van der Waals surface area contributed by atoms with Gasteiger partial charge in [0.05, 0.1) is 5.38 Å². The van der Waals surface area contributed by atoms with E-state index in [0.717, 1.165) is 0 Å². The van der Waals surface area contributed by atoms with E-state index in [2.05, 4.69) is 4.98 Å². The van der Waals surface area contributed by atoms with Crippen molar-refractivity contribution < 1.29 is 29.0 Å². The lowest BCUT2D eigenvalue weighted by molar-refractivity contribution is -0.379. The van der Waals surface area contributed by atoms with Crippen LogP contribution in [0.4, 0.5) is 0 Å². The number of hydrogen-bond donors (Lipinski definition) is 0. The van der Waals surface area contributed by atoms with E-state index in [-0.39, 0.29) is 24.0 Å². The summed E-state index contributed by atoms with van der Waals surface area (Å²) in [6.45, 7) is 2.05. The van der Waals surface area contributed by atoms with Gasteiger partial charge in [-0.1, -0.05) is 11.3 Å². The minimum Gasteiger partial charge on any atom is -1.00 e. The van der Waals surface area contributed by atoms with E-state index in [1.165, 1.54) is 5.01 Å². The molecular formula is C4H6INS. The van der Waals surface area contributed by atoms with Crippen molar-refractivity contribution in [2.75, 3.05) is 0 Å². The summed E-state index contributed by atoms with van der Waals surface area (Å²) in [7, 11) is 0. The summed E-state index contributed by atoms with van der Waals surface area (Å²) in [6.07, 6.45) is 1.93. The molecule has 0 saturated carbocycles. The molecule has 1 nitrogen and oxygen atoms in total. The monoisotopic (exact) mass is 227 g/mol. The Morgan fingerprint density at radius 2 is 2.43 bits per heavy atom. The number of H-pyrrole nitrogens is 1. The van der Waals surface area contributed by atoms with Gasteiger partial charge in [0, 0.05) is 6.92 Å². The Labute approximate surface area is 63.8 Å². The lowest BCUT2D eigenvalue weighted by Crippen LogP contribution is -3.00. The molecule has 0 spiro atoms. The van der Waals surface area contributed by atoms with Crippen LogP contribution in [-0.2, 0) is 0 Å². The summed E-state index contributed by atoms with van der Waals surface area (Å²) < 4.78 is 0. The van der Waals surface area contributed by atoms with Gasteiger partial charge in [-0.25, -0.2) is 4.98 Å². The molecule has 0 aromatic carbocycles. The minimum absolute atomic E-state index is 0. The van der Waals surface area contributed by atoms with Crippen molar-refractivity contribution in [1.82, 2.24) is 0 Å². The van der Waals surface area contributed by atoms with E-state index < -0.39 is 0 Å². The molecule has 7 heavy (non-hydrogen) atoms. The summed E-state index contributed by atoms with van der Waals surface area (Å²) in [5.41, 5.74) is 0. The van der Waals surface area contributed by atoms with Crippen molar-refractivity contribution in [3.8, 4) is 0 Å². The number of nitrogens with one attached hydrogen (secondary N) is 1. The normalized spacial score (nSPS) is 7.57. The van der Waals surface area contributed by atoms with Crippen molar-refractivity contribution in [1.29, 1.82) is 0 Å². The van der Waals surface area contributed by atoms with Crippen LogP contribution in [0.15, 0.2) is 11.6 Å². The topological polar surface area (TPSA) is 14.1 Å². The maximum atomic E-state index is 3.02. The smallest absolute Gasteiger partial charge is 0.232 e. The third kappa shape index (κ3) is 2.23. The van der Waals surface area contributed by atoms with E-state index in [9.17, 15) is 0 Å². The molecule has 0 unspecified atom stereocenters. The van der Waals surface area contributed by atoms with Gasteiger partial charge < -0.3 is 24.0 Å². The molecule has 0 bridgehead atoms. The Morgan fingerprint density at radius 1 is 1.71 bits per heavy atom. The molecule has 40 valence electrons. The number of halogens is 1. The molecule has 3 heteroatoms. The molecule has 1 N–H and O–H groups in total. The highest BCUT2D eigenvalue weighted by Gasteiger charge is 1.85. The van der Waals surface area contributed by atoms with Crippen molar-refractivity contribution >= 4 is 11.3 Å². The van der Waals surface area contributed by atoms with E-state index in [0.29, 0.717) is 0 Å². The minimum atomic E-state index is 0. The van der Waals surface area contributed by atoms with Crippen LogP contribution >= 0.6 is 11.3 Å². The van der Waals surface area contributed by atoms with Crippen LogP contribution in [0.2, 0.25) is 0 Å². The molecule has 0 aliphatic rings. The number of aromatic nitrogens is 1. The molecular weight excluding hydrogens is 221 g/mol. The van der Waals surface area contributed by atoms with Crippen LogP contribution in [0, 0.1) is 6.92 Å². The second kappa shape index (κ2) is 3.37. The Morgan fingerprint density at radius 3 is 2.57 bits per heavy atom. The molecule has 1 heterocycles. The number of hydrogen-bond acceptors (Lipinski definition) is 1. The first-order chi connectivity index (χ1) is 2.89. The van der Waals surface area contributed by atoms with E-state index in [1.807, 2.05) is 18.5 Å². The molecule has 0 fully saturated rings. The van der Waals surface area contributed by atoms with Crippen LogP contribution < -0.4 is 29.0 Å². The molecule has 0 saturated heterocycles. The molecule has 0 amide bonds. The third-order valence-electron chi connectivity index (χ3n) is 0.599. The van der Waals surface area contributed by atoms with Crippen LogP contribution in [0.1, 0.15) is 5.01 Å². The maximum Gasteiger partial charge on any atom is 0.232 e. The van der Waals surface area contributed by atoms with Gasteiger partial charge in [-0.2, -0.15) is 0 Å². The zero-order valence-electron chi connectivity index (χ0n) is 3.94. The van der Waals surface area contributed by atoms with E-state index >= 15 is 0 Å². The van der Waals surface area contributed by atoms with Gasteiger partial charge in [-0.15, -0.1) is 0 Å². The zero-order valence-corrected chi connectivity index (χ0v) is 6.91. The third-order valence-corrected chi connectivity index (χ3v) is 1.34. The molecule has 1 aromatic heterocycles. The van der Waals surface area contributed by atoms with Gasteiger partial charge in [0.1, 0.15) is 0 Å². The number of rotatable bonds is 0. The van der Waals surface area contributed by atoms with Gasteiger partial charge in [0.25, 0.3) is 0 Å². The van der Waals surface area contributed by atoms with Crippen molar-refractivity contribution in [2.45, 2.75) is 6.92 Å². The molecule has 0 radical (unpaired) electrons. The number of aromatic amines is 1. The summed E-state index contributed by atoms with van der Waals surface area (Å²) >= 11 is 1.72. The number of thiazole rings is 1. The second-order valence-electron chi connectivity index (χ2n) is 1.12. The standard InChI is InChI=1S/C4H5NS.HI/c1-4-5-2-3-6-4;/h2-3H,1H3;1H. The fourth-order valence-electron chi connectivity index (χ4n) is 0.321. The van der Waals surface area contributed by atoms with Crippen molar-refractivity contribution in [2.24, 2.45) is 0 Å². The van der Waals surface area contributed by atoms with Crippen LogP contribution in [0.3, 0.4) is 0 Å². The summed E-state index contributed by atoms with van der Waals surface area (Å²) in [5, 5.41) is 3.28. The lowest BCUT2D eigenvalue weighted by Gasteiger charge is -1.56. The van der Waals surface area contributed by atoms with Crippen molar-refractivity contribution in [3.63, 3.8) is 0 Å². The van der Waals surface area contributed by atoms with Gasteiger partial charge in [-0.3, -0.25) is 0 Å². The number of aryl methyl sites for hydroxylation is 1. The van der Waals surface area contributed by atoms with Crippen LogP contribution in [-0.4, -0.2) is 0 Å². The lowest BCUT2D eigenvalue weighted by atomic mass is 10.8. The van der Waals surface area contributed by atoms with Crippen molar-refractivity contribution in [3.05, 3.63) is 16.6 Å². The quantitative estimate of drug-likeness (QED) is 0.450. The molecule has 1 aromatic rings. The largest absolute Gasteiger partial charge is 1.00 e. The first-order valence-corrected chi connectivity index (χ1v) is 2.69. The molecule has 0 atom stereocenters. The SMILES string of the molecule is Cc1[nH+]ccs1.[I-]. The average molecular weight is 227 g/mol. The van der Waals surface area contributed by atoms with E-state index in [1.54, 1.807) is 11.3 Å².